The van der Waals surface area contributed by atoms with Crippen LogP contribution in [0.5, 0.6) is 0 Å². The van der Waals surface area contributed by atoms with Gasteiger partial charge in [-0.05, 0) is 48.8 Å². The first-order valence-electron chi connectivity index (χ1n) is 14.4. The minimum atomic E-state index is -2.95. The van der Waals surface area contributed by atoms with Gasteiger partial charge >= 0.3 is 0 Å². The molecule has 218 valence electrons. The first kappa shape index (κ1) is 28.0. The van der Waals surface area contributed by atoms with Crippen LogP contribution in [0.25, 0.3) is 0 Å². The minimum absolute atomic E-state index is 0.00893. The minimum Gasteiger partial charge on any atom is -0.432 e. The van der Waals surface area contributed by atoms with Gasteiger partial charge in [0, 0.05) is 48.0 Å². The Morgan fingerprint density at radius 3 is 2.63 bits per heavy atom. The molecular formula is C30H38N4O6Si. The third-order valence-electron chi connectivity index (χ3n) is 9.39. The summed E-state index contributed by atoms with van der Waals surface area (Å²) in [7, 11) is -2.95. The summed E-state index contributed by atoms with van der Waals surface area (Å²) >= 11 is 0. The topological polar surface area (TPSA) is 131 Å². The van der Waals surface area contributed by atoms with Crippen molar-refractivity contribution in [3.63, 3.8) is 0 Å². The highest BCUT2D eigenvalue weighted by atomic mass is 28.4. The number of hydrogen-bond acceptors (Lipinski definition) is 7. The number of fused-ring (bicyclic) bond motifs is 3. The van der Waals surface area contributed by atoms with E-state index in [-0.39, 0.29) is 43.3 Å². The normalized spacial score (nSPS) is 29.5. The zero-order chi connectivity index (χ0) is 29.1. The van der Waals surface area contributed by atoms with Crippen molar-refractivity contribution in [2.75, 3.05) is 36.5 Å². The smallest absolute Gasteiger partial charge is 0.261 e. The maximum absolute atomic E-state index is 13.9. The van der Waals surface area contributed by atoms with E-state index in [0.717, 1.165) is 11.1 Å². The van der Waals surface area contributed by atoms with E-state index in [9.17, 15) is 24.3 Å². The second kappa shape index (κ2) is 10.3. The van der Waals surface area contributed by atoms with Gasteiger partial charge in [-0.1, -0.05) is 31.2 Å². The molecule has 4 aliphatic heterocycles. The van der Waals surface area contributed by atoms with Gasteiger partial charge in [0.15, 0.2) is 13.9 Å². The first-order valence-corrected chi connectivity index (χ1v) is 17.4. The number of amides is 3. The van der Waals surface area contributed by atoms with Crippen LogP contribution in [0.15, 0.2) is 42.5 Å². The highest BCUT2D eigenvalue weighted by Gasteiger charge is 2.65. The zero-order valence-corrected chi connectivity index (χ0v) is 24.7. The number of aliphatic hydroxyl groups excluding tert-OH is 1. The van der Waals surface area contributed by atoms with Crippen molar-refractivity contribution >= 4 is 37.4 Å². The van der Waals surface area contributed by atoms with Crippen LogP contribution in [0.4, 0.5) is 11.4 Å². The van der Waals surface area contributed by atoms with Crippen LogP contribution in [0.2, 0.25) is 18.6 Å². The fourth-order valence-corrected chi connectivity index (χ4v) is 10.0. The molecular weight excluding hydrogens is 540 g/mol. The van der Waals surface area contributed by atoms with Crippen LogP contribution < -0.4 is 15.5 Å². The van der Waals surface area contributed by atoms with Gasteiger partial charge in [-0.2, -0.15) is 0 Å². The number of carbonyl (C=O) groups is 3. The van der Waals surface area contributed by atoms with Crippen molar-refractivity contribution in [3.8, 4) is 0 Å². The van der Waals surface area contributed by atoms with Gasteiger partial charge in [-0.15, -0.1) is 0 Å². The Hall–Kier alpha value is -3.09. The second-order valence-corrected chi connectivity index (χ2v) is 16.3. The van der Waals surface area contributed by atoms with Crippen LogP contribution >= 0.6 is 0 Å². The third kappa shape index (κ3) is 4.60. The van der Waals surface area contributed by atoms with Crippen LogP contribution in [0.3, 0.4) is 0 Å². The molecule has 6 rings (SSSR count). The zero-order valence-electron chi connectivity index (χ0n) is 23.7. The molecule has 4 heterocycles. The van der Waals surface area contributed by atoms with E-state index >= 15 is 0 Å². The Kier molecular flexibility index (Phi) is 7.06. The van der Waals surface area contributed by atoms with E-state index in [1.54, 1.807) is 15.9 Å². The van der Waals surface area contributed by atoms with E-state index in [1.165, 1.54) is 0 Å². The fourth-order valence-electron chi connectivity index (χ4n) is 7.46. The summed E-state index contributed by atoms with van der Waals surface area (Å²) in [5.74, 6) is -0.954. The number of anilines is 2. The van der Waals surface area contributed by atoms with Gasteiger partial charge in [0.25, 0.3) is 5.91 Å². The number of aliphatic hydroxyl groups is 1. The number of nitrogens with zero attached hydrogens (tertiary/aromatic N) is 2. The predicted octanol–water partition coefficient (Wildman–Crippen LogP) is 1.71. The molecule has 0 bridgehead atoms. The summed E-state index contributed by atoms with van der Waals surface area (Å²) in [6, 6.07) is 13.1. The lowest BCUT2D eigenvalue weighted by Crippen LogP contribution is -2.48. The number of piperazine rings is 1. The predicted molar refractivity (Wildman–Crippen MR) is 156 cm³/mol. The summed E-state index contributed by atoms with van der Waals surface area (Å²) in [5, 5.41) is 16.2. The summed E-state index contributed by atoms with van der Waals surface area (Å²) in [6.45, 7) is 7.25. The molecule has 2 aromatic rings. The molecule has 1 spiro atoms. The largest absolute Gasteiger partial charge is 0.432 e. The van der Waals surface area contributed by atoms with Crippen molar-refractivity contribution in [1.82, 2.24) is 10.2 Å². The molecule has 0 aliphatic carbocycles. The number of benzene rings is 2. The molecule has 2 fully saturated rings. The monoisotopic (exact) mass is 578 g/mol. The van der Waals surface area contributed by atoms with Gasteiger partial charge < -0.3 is 35.1 Å². The Bertz CT molecular complexity index is 1400. The molecule has 0 unspecified atom stereocenters. The highest BCUT2D eigenvalue weighted by molar-refractivity contribution is 6.71. The van der Waals surface area contributed by atoms with Crippen molar-refractivity contribution in [1.29, 1.82) is 0 Å². The maximum Gasteiger partial charge on any atom is 0.261 e. The van der Waals surface area contributed by atoms with E-state index in [2.05, 4.69) is 10.6 Å². The number of ether oxygens (including phenoxy) is 1. The SMILES string of the molecule is C[C@H]1[C@H]([Si](C)(C)O)[C@@H](CC(=O)N2Cc3ccccc3C[C@H]2CO)O[C@]12C(=O)Nc1ccc(N3CCNCC3=O)cc12. The average molecular weight is 579 g/mol. The van der Waals surface area contributed by atoms with E-state index in [4.69, 9.17) is 4.74 Å². The molecule has 10 nitrogen and oxygen atoms in total. The fraction of sp³-hybridized carbons (Fsp3) is 0.500. The number of rotatable bonds is 5. The number of nitrogens with one attached hydrogen (secondary N) is 2. The van der Waals surface area contributed by atoms with Gasteiger partial charge in [0.1, 0.15) is 0 Å². The maximum atomic E-state index is 13.9. The summed E-state index contributed by atoms with van der Waals surface area (Å²) in [4.78, 5) is 55.1. The Morgan fingerprint density at radius 1 is 1.17 bits per heavy atom. The molecule has 0 saturated carbocycles. The molecule has 3 amide bonds. The molecule has 41 heavy (non-hydrogen) atoms. The lowest BCUT2D eigenvalue weighted by Gasteiger charge is -2.37. The number of hydrogen-bond donors (Lipinski definition) is 4. The van der Waals surface area contributed by atoms with Crippen molar-refractivity contribution < 1.29 is 29.0 Å². The molecule has 0 aromatic heterocycles. The first-order chi connectivity index (χ1) is 19.5. The summed E-state index contributed by atoms with van der Waals surface area (Å²) in [5.41, 5.74) is 2.32. The van der Waals surface area contributed by atoms with Gasteiger partial charge in [-0.25, -0.2) is 0 Å². The van der Waals surface area contributed by atoms with Crippen LogP contribution in [0.1, 0.15) is 30.0 Å². The van der Waals surface area contributed by atoms with Crippen LogP contribution in [-0.4, -0.2) is 79.2 Å². The summed E-state index contributed by atoms with van der Waals surface area (Å²) in [6.07, 6.45) is -0.135. The Balaban J connectivity index is 1.33. The van der Waals surface area contributed by atoms with Crippen molar-refractivity contribution in [2.24, 2.45) is 5.92 Å². The number of carbonyl (C=O) groups excluding carboxylic acids is 3. The molecule has 4 N–H and O–H groups in total. The second-order valence-electron chi connectivity index (χ2n) is 12.3. The van der Waals surface area contributed by atoms with Crippen LogP contribution in [0, 0.1) is 5.92 Å². The average Bonchev–Trinajstić information content (AvgIpc) is 3.40. The molecule has 5 atom stereocenters. The molecule has 11 heteroatoms. The van der Waals surface area contributed by atoms with Crippen molar-refractivity contribution in [3.05, 3.63) is 59.2 Å². The molecule has 2 aromatic carbocycles. The van der Waals surface area contributed by atoms with E-state index < -0.39 is 31.5 Å². The van der Waals surface area contributed by atoms with Crippen LogP contribution in [-0.2, 0) is 37.7 Å². The summed E-state index contributed by atoms with van der Waals surface area (Å²) < 4.78 is 6.71. The van der Waals surface area contributed by atoms with E-state index in [0.29, 0.717) is 43.0 Å². The van der Waals surface area contributed by atoms with Gasteiger partial charge in [-0.3, -0.25) is 14.4 Å². The van der Waals surface area contributed by atoms with Crippen molar-refractivity contribution in [2.45, 2.75) is 62.7 Å². The lowest BCUT2D eigenvalue weighted by molar-refractivity contribution is -0.149. The standard InChI is InChI=1S/C30H38N4O6Si/c1-18-28(41(2,3)39)25(14-26(36)34-16-20-7-5-4-6-19(20)12-22(34)17-35)40-30(18)23-13-21(8-9-24(23)32-29(30)38)33-11-10-31-15-27(33)37/h4-9,13,18,22,25,28,31,35,39H,10-12,14-17H2,1-3H3,(H,32,38)/t18-,22-,25+,28-,30+/m0/s1. The van der Waals surface area contributed by atoms with E-state index in [1.807, 2.05) is 56.4 Å². The Labute approximate surface area is 240 Å². The van der Waals surface area contributed by atoms with Gasteiger partial charge in [0.2, 0.25) is 11.8 Å². The van der Waals surface area contributed by atoms with Gasteiger partial charge in [0.05, 0.1) is 31.7 Å². The molecule has 2 saturated heterocycles. The lowest BCUT2D eigenvalue weighted by atomic mass is 9.82. The molecule has 0 radical (unpaired) electrons. The third-order valence-corrected chi connectivity index (χ3v) is 11.9. The Morgan fingerprint density at radius 2 is 1.93 bits per heavy atom. The highest BCUT2D eigenvalue weighted by Crippen LogP contribution is 2.58. The molecule has 4 aliphatic rings. The quantitative estimate of drug-likeness (QED) is 0.397.